The van der Waals surface area contributed by atoms with Crippen molar-refractivity contribution in [3.8, 4) is 11.5 Å². The molecule has 1 aromatic carbocycles. The largest absolute Gasteiger partial charge is 0.486 e. The number of benzene rings is 1. The smallest absolute Gasteiger partial charge is 0.322 e. The quantitative estimate of drug-likeness (QED) is 0.822. The van der Waals surface area contributed by atoms with Gasteiger partial charge in [0.15, 0.2) is 11.5 Å². The van der Waals surface area contributed by atoms with Gasteiger partial charge in [-0.05, 0) is 12.1 Å². The van der Waals surface area contributed by atoms with E-state index in [-0.39, 0.29) is 6.10 Å². The molecule has 1 saturated heterocycles. The van der Waals surface area contributed by atoms with Gasteiger partial charge < -0.3 is 19.9 Å². The minimum absolute atomic E-state index is 0.134. The van der Waals surface area contributed by atoms with Crippen LogP contribution < -0.4 is 14.8 Å². The van der Waals surface area contributed by atoms with Gasteiger partial charge in [0.1, 0.15) is 18.8 Å². The highest BCUT2D eigenvalue weighted by molar-refractivity contribution is 5.74. The Balaban J connectivity index is 1.65. The maximum absolute atomic E-state index is 11.3. The number of carbonyl (C=O) groups is 1. The van der Waals surface area contributed by atoms with Crippen LogP contribution in [0.15, 0.2) is 24.3 Å². The van der Waals surface area contributed by atoms with Crippen LogP contribution in [-0.4, -0.2) is 60.9 Å². The minimum Gasteiger partial charge on any atom is -0.486 e. The molecule has 2 aliphatic rings. The second-order valence-corrected chi connectivity index (χ2v) is 5.05. The molecule has 1 fully saturated rings. The van der Waals surface area contributed by atoms with Gasteiger partial charge in [-0.1, -0.05) is 12.1 Å². The lowest BCUT2D eigenvalue weighted by Crippen LogP contribution is -2.57. The van der Waals surface area contributed by atoms with E-state index in [4.69, 9.17) is 9.47 Å². The van der Waals surface area contributed by atoms with Crippen LogP contribution in [-0.2, 0) is 4.79 Å². The van der Waals surface area contributed by atoms with Crippen molar-refractivity contribution in [2.75, 3.05) is 32.8 Å². The van der Waals surface area contributed by atoms with Crippen molar-refractivity contribution < 1.29 is 19.4 Å². The van der Waals surface area contributed by atoms with Gasteiger partial charge in [-0.3, -0.25) is 9.69 Å². The van der Waals surface area contributed by atoms with E-state index in [1.165, 1.54) is 0 Å². The van der Waals surface area contributed by atoms with Crippen molar-refractivity contribution in [2.24, 2.45) is 0 Å². The first-order chi connectivity index (χ1) is 9.74. The molecule has 0 bridgehead atoms. The highest BCUT2D eigenvalue weighted by Crippen LogP contribution is 2.31. The van der Waals surface area contributed by atoms with Crippen LogP contribution in [0.1, 0.15) is 0 Å². The predicted molar refractivity (Wildman–Crippen MR) is 72.2 cm³/mol. The first-order valence-corrected chi connectivity index (χ1v) is 6.80. The van der Waals surface area contributed by atoms with Crippen molar-refractivity contribution in [1.29, 1.82) is 0 Å². The molecule has 0 spiro atoms. The van der Waals surface area contributed by atoms with E-state index in [0.29, 0.717) is 26.2 Å². The van der Waals surface area contributed by atoms with Gasteiger partial charge >= 0.3 is 5.97 Å². The molecule has 0 saturated carbocycles. The monoisotopic (exact) mass is 278 g/mol. The normalized spacial score (nSPS) is 26.2. The Morgan fingerprint density at radius 2 is 2.20 bits per heavy atom. The Kier molecular flexibility index (Phi) is 3.75. The van der Waals surface area contributed by atoms with E-state index in [1.807, 2.05) is 29.2 Å². The maximum atomic E-state index is 11.3. The molecule has 2 N–H and O–H groups in total. The van der Waals surface area contributed by atoms with Crippen LogP contribution >= 0.6 is 0 Å². The van der Waals surface area contributed by atoms with E-state index in [9.17, 15) is 9.90 Å². The molecule has 2 unspecified atom stereocenters. The van der Waals surface area contributed by atoms with Gasteiger partial charge in [0.25, 0.3) is 0 Å². The molecule has 0 radical (unpaired) electrons. The van der Waals surface area contributed by atoms with Crippen molar-refractivity contribution in [3.05, 3.63) is 24.3 Å². The van der Waals surface area contributed by atoms with Crippen LogP contribution in [0.5, 0.6) is 11.5 Å². The standard InChI is InChI=1S/C14H18N2O4/c17-14(18)11-7-15-5-6-16(11)8-10-9-19-12-3-1-2-4-13(12)20-10/h1-4,10-11,15H,5-9H2,(H,17,18). The number of carboxylic acid groups (broad SMARTS) is 1. The third kappa shape index (κ3) is 2.71. The first-order valence-electron chi connectivity index (χ1n) is 6.80. The average Bonchev–Trinajstić information content (AvgIpc) is 2.47. The van der Waals surface area contributed by atoms with E-state index in [0.717, 1.165) is 18.0 Å². The number of rotatable bonds is 3. The van der Waals surface area contributed by atoms with Crippen molar-refractivity contribution in [2.45, 2.75) is 12.1 Å². The Morgan fingerprint density at radius 3 is 3.00 bits per heavy atom. The summed E-state index contributed by atoms with van der Waals surface area (Å²) in [6, 6.07) is 7.04. The minimum atomic E-state index is -0.797. The number of carboxylic acids is 1. The van der Waals surface area contributed by atoms with Crippen molar-refractivity contribution in [1.82, 2.24) is 10.2 Å². The molecular formula is C14H18N2O4. The summed E-state index contributed by atoms with van der Waals surface area (Å²) in [5.74, 6) is 0.680. The molecule has 3 rings (SSSR count). The maximum Gasteiger partial charge on any atom is 0.322 e. The molecule has 2 aliphatic heterocycles. The number of aliphatic carboxylic acids is 1. The number of fused-ring (bicyclic) bond motifs is 1. The lowest BCUT2D eigenvalue weighted by atomic mass is 10.1. The Hall–Kier alpha value is -1.79. The molecule has 0 aromatic heterocycles. The van der Waals surface area contributed by atoms with Gasteiger partial charge in [0, 0.05) is 26.2 Å². The van der Waals surface area contributed by atoms with Crippen LogP contribution in [0.4, 0.5) is 0 Å². The molecule has 6 heteroatoms. The van der Waals surface area contributed by atoms with Crippen molar-refractivity contribution >= 4 is 5.97 Å². The fourth-order valence-corrected chi connectivity index (χ4v) is 2.62. The van der Waals surface area contributed by atoms with E-state index >= 15 is 0 Å². The lowest BCUT2D eigenvalue weighted by Gasteiger charge is -2.37. The first kappa shape index (κ1) is 13.2. The second kappa shape index (κ2) is 5.68. The molecule has 20 heavy (non-hydrogen) atoms. The average molecular weight is 278 g/mol. The van der Waals surface area contributed by atoms with Gasteiger partial charge in [0.2, 0.25) is 0 Å². The third-order valence-electron chi connectivity index (χ3n) is 3.64. The molecular weight excluding hydrogens is 260 g/mol. The van der Waals surface area contributed by atoms with E-state index in [2.05, 4.69) is 5.32 Å². The summed E-state index contributed by atoms with van der Waals surface area (Å²) >= 11 is 0. The summed E-state index contributed by atoms with van der Waals surface area (Å²) in [5.41, 5.74) is 0. The van der Waals surface area contributed by atoms with E-state index < -0.39 is 12.0 Å². The topological polar surface area (TPSA) is 71.0 Å². The third-order valence-corrected chi connectivity index (χ3v) is 3.64. The highest BCUT2D eigenvalue weighted by Gasteiger charge is 2.32. The summed E-state index contributed by atoms with van der Waals surface area (Å²) in [6.07, 6.45) is -0.134. The molecule has 0 amide bonds. The lowest BCUT2D eigenvalue weighted by molar-refractivity contribution is -0.144. The molecule has 108 valence electrons. The summed E-state index contributed by atoms with van der Waals surface area (Å²) in [4.78, 5) is 13.2. The molecule has 0 aliphatic carbocycles. The van der Waals surface area contributed by atoms with Gasteiger partial charge in [0.05, 0.1) is 0 Å². The highest BCUT2D eigenvalue weighted by atomic mass is 16.6. The van der Waals surface area contributed by atoms with Gasteiger partial charge in [-0.2, -0.15) is 0 Å². The molecule has 1 aromatic rings. The van der Waals surface area contributed by atoms with Crippen LogP contribution in [0.25, 0.3) is 0 Å². The number of para-hydroxylation sites is 2. The number of hydrogen-bond acceptors (Lipinski definition) is 5. The Labute approximate surface area is 117 Å². The fourth-order valence-electron chi connectivity index (χ4n) is 2.62. The molecule has 2 heterocycles. The van der Waals surface area contributed by atoms with E-state index in [1.54, 1.807) is 0 Å². The van der Waals surface area contributed by atoms with Gasteiger partial charge in [-0.15, -0.1) is 0 Å². The summed E-state index contributed by atoms with van der Waals surface area (Å²) in [6.45, 7) is 2.99. The number of piperazine rings is 1. The zero-order chi connectivity index (χ0) is 13.9. The second-order valence-electron chi connectivity index (χ2n) is 5.05. The zero-order valence-corrected chi connectivity index (χ0v) is 11.1. The predicted octanol–water partition coefficient (Wildman–Crippen LogP) is 0.185. The Bertz CT molecular complexity index is 494. The summed E-state index contributed by atoms with van der Waals surface area (Å²) in [5, 5.41) is 12.3. The molecule has 2 atom stereocenters. The van der Waals surface area contributed by atoms with Crippen LogP contribution in [0.2, 0.25) is 0 Å². The number of nitrogens with zero attached hydrogens (tertiary/aromatic N) is 1. The van der Waals surface area contributed by atoms with Crippen LogP contribution in [0, 0.1) is 0 Å². The number of hydrogen-bond donors (Lipinski definition) is 2. The zero-order valence-electron chi connectivity index (χ0n) is 11.1. The number of ether oxygens (including phenoxy) is 2. The summed E-state index contributed by atoms with van der Waals surface area (Å²) in [7, 11) is 0. The van der Waals surface area contributed by atoms with Gasteiger partial charge in [-0.25, -0.2) is 0 Å². The Morgan fingerprint density at radius 1 is 1.40 bits per heavy atom. The van der Waals surface area contributed by atoms with Crippen LogP contribution in [0.3, 0.4) is 0 Å². The SMILES string of the molecule is O=C(O)C1CNCCN1CC1COc2ccccc2O1. The number of nitrogens with one attached hydrogen (secondary N) is 1. The molecule has 6 nitrogen and oxygen atoms in total. The fraction of sp³-hybridized carbons (Fsp3) is 0.500. The summed E-state index contributed by atoms with van der Waals surface area (Å²) < 4.78 is 11.5. The van der Waals surface area contributed by atoms with Crippen molar-refractivity contribution in [3.63, 3.8) is 0 Å².